The summed E-state index contributed by atoms with van der Waals surface area (Å²) >= 11 is 0. The van der Waals surface area contributed by atoms with Gasteiger partial charge in [-0.15, -0.1) is 0 Å². The number of carbonyl (C=O) groups is 1. The van der Waals surface area contributed by atoms with E-state index in [-0.39, 0.29) is 0 Å². The van der Waals surface area contributed by atoms with Crippen molar-refractivity contribution in [2.75, 3.05) is 5.32 Å². The third kappa shape index (κ3) is 3.19. The normalized spacial score (nSPS) is 12.2. The number of rotatable bonds is 4. The van der Waals surface area contributed by atoms with Gasteiger partial charge in [0.1, 0.15) is 17.7 Å². The lowest BCUT2D eigenvalue weighted by Gasteiger charge is -2.11. The van der Waals surface area contributed by atoms with Gasteiger partial charge in [0.05, 0.1) is 0 Å². The van der Waals surface area contributed by atoms with Crippen LogP contribution >= 0.6 is 0 Å². The number of aryl methyl sites for hydroxylation is 2. The van der Waals surface area contributed by atoms with Crippen LogP contribution in [0.2, 0.25) is 0 Å². The van der Waals surface area contributed by atoms with Crippen molar-refractivity contribution in [2.45, 2.75) is 33.2 Å². The molecule has 0 saturated carbocycles. The molecule has 3 N–H and O–H groups in total. The van der Waals surface area contributed by atoms with Crippen molar-refractivity contribution in [3.8, 4) is 0 Å². The average molecular weight is 208 g/mol. The monoisotopic (exact) mass is 208 g/mol. The Hall–Kier alpha value is -1.65. The van der Waals surface area contributed by atoms with Gasteiger partial charge in [0.2, 0.25) is 5.91 Å². The number of hydrogen-bond donors (Lipinski definition) is 2. The first-order valence-electron chi connectivity index (χ1n) is 4.93. The Kier molecular flexibility index (Phi) is 3.60. The van der Waals surface area contributed by atoms with E-state index in [2.05, 4.69) is 15.3 Å². The predicted octanol–water partition coefficient (Wildman–Crippen LogP) is 0.633. The number of nitrogens with zero attached hydrogens (tertiary/aromatic N) is 2. The summed E-state index contributed by atoms with van der Waals surface area (Å²) in [6, 6.07) is 1.40. The second kappa shape index (κ2) is 4.72. The molecule has 1 heterocycles. The standard InChI is InChI=1S/C10H16N4O/c1-4-8-5-9(14-7(3)13-8)12-6(2)10(11)15/h5-6H,4H2,1-3H3,(H2,11,15)(H,12,13,14). The number of aromatic nitrogens is 2. The minimum Gasteiger partial charge on any atom is -0.368 e. The number of hydrogen-bond acceptors (Lipinski definition) is 4. The molecule has 0 spiro atoms. The molecule has 1 aromatic heterocycles. The number of nitrogens with two attached hydrogens (primary N) is 1. The zero-order valence-electron chi connectivity index (χ0n) is 9.24. The molecule has 0 aliphatic rings. The Morgan fingerprint density at radius 1 is 1.60 bits per heavy atom. The lowest BCUT2D eigenvalue weighted by Crippen LogP contribution is -2.32. The van der Waals surface area contributed by atoms with Crippen LogP contribution in [0.4, 0.5) is 5.82 Å². The first-order valence-corrected chi connectivity index (χ1v) is 4.93. The lowest BCUT2D eigenvalue weighted by atomic mass is 10.3. The number of anilines is 1. The summed E-state index contributed by atoms with van der Waals surface area (Å²) in [6.07, 6.45) is 0.836. The SMILES string of the molecule is CCc1cc(NC(C)C(N)=O)nc(C)n1. The predicted molar refractivity (Wildman–Crippen MR) is 58.4 cm³/mol. The third-order valence-corrected chi connectivity index (χ3v) is 2.04. The van der Waals surface area contributed by atoms with Crippen LogP contribution in [0.15, 0.2) is 6.07 Å². The third-order valence-electron chi connectivity index (χ3n) is 2.04. The minimum atomic E-state index is -0.427. The van der Waals surface area contributed by atoms with Gasteiger partial charge >= 0.3 is 0 Å². The molecular weight excluding hydrogens is 192 g/mol. The Labute approximate surface area is 89.1 Å². The lowest BCUT2D eigenvalue weighted by molar-refractivity contribution is -0.118. The zero-order valence-corrected chi connectivity index (χ0v) is 9.24. The van der Waals surface area contributed by atoms with E-state index in [0.717, 1.165) is 12.1 Å². The van der Waals surface area contributed by atoms with Crippen LogP contribution in [-0.2, 0) is 11.2 Å². The first-order chi connectivity index (χ1) is 7.02. The van der Waals surface area contributed by atoms with E-state index in [1.54, 1.807) is 6.92 Å². The summed E-state index contributed by atoms with van der Waals surface area (Å²) in [5.74, 6) is 0.934. The molecule has 0 radical (unpaired) electrons. The molecular formula is C10H16N4O. The fourth-order valence-corrected chi connectivity index (χ4v) is 1.18. The summed E-state index contributed by atoms with van der Waals surface area (Å²) in [4.78, 5) is 19.3. The van der Waals surface area contributed by atoms with Gasteiger partial charge in [-0.2, -0.15) is 0 Å². The highest BCUT2D eigenvalue weighted by Crippen LogP contribution is 2.08. The molecule has 0 aromatic carbocycles. The van der Waals surface area contributed by atoms with Crippen LogP contribution in [0.5, 0.6) is 0 Å². The second-order valence-electron chi connectivity index (χ2n) is 3.41. The second-order valence-corrected chi connectivity index (χ2v) is 3.41. The van der Waals surface area contributed by atoms with Gasteiger partial charge in [-0.25, -0.2) is 9.97 Å². The molecule has 1 atom stereocenters. The summed E-state index contributed by atoms with van der Waals surface area (Å²) in [5.41, 5.74) is 6.09. The van der Waals surface area contributed by atoms with Crippen molar-refractivity contribution in [3.05, 3.63) is 17.6 Å². The number of nitrogens with one attached hydrogen (secondary N) is 1. The maximum atomic E-state index is 10.9. The molecule has 1 aromatic rings. The fourth-order valence-electron chi connectivity index (χ4n) is 1.18. The summed E-state index contributed by atoms with van der Waals surface area (Å²) < 4.78 is 0. The quantitative estimate of drug-likeness (QED) is 0.760. The van der Waals surface area contributed by atoms with E-state index in [1.165, 1.54) is 0 Å². The maximum Gasteiger partial charge on any atom is 0.239 e. The summed E-state index contributed by atoms with van der Waals surface area (Å²) in [7, 11) is 0. The molecule has 5 nitrogen and oxygen atoms in total. The summed E-state index contributed by atoms with van der Waals surface area (Å²) in [6.45, 7) is 5.54. The molecule has 82 valence electrons. The van der Waals surface area contributed by atoms with E-state index in [1.807, 2.05) is 19.9 Å². The van der Waals surface area contributed by atoms with Gasteiger partial charge in [0.25, 0.3) is 0 Å². The molecule has 5 heteroatoms. The molecule has 1 amide bonds. The van der Waals surface area contributed by atoms with Gasteiger partial charge in [0, 0.05) is 11.8 Å². The Morgan fingerprint density at radius 2 is 2.27 bits per heavy atom. The molecule has 0 fully saturated rings. The fraction of sp³-hybridized carbons (Fsp3) is 0.500. The van der Waals surface area contributed by atoms with Crippen molar-refractivity contribution in [3.63, 3.8) is 0 Å². The van der Waals surface area contributed by atoms with E-state index in [9.17, 15) is 4.79 Å². The largest absolute Gasteiger partial charge is 0.368 e. The summed E-state index contributed by atoms with van der Waals surface area (Å²) in [5, 5.41) is 2.93. The molecule has 0 aliphatic heterocycles. The highest BCUT2D eigenvalue weighted by atomic mass is 16.1. The molecule has 15 heavy (non-hydrogen) atoms. The molecule has 1 unspecified atom stereocenters. The van der Waals surface area contributed by atoms with E-state index >= 15 is 0 Å². The minimum absolute atomic E-state index is 0.399. The van der Waals surface area contributed by atoms with Crippen molar-refractivity contribution in [1.82, 2.24) is 9.97 Å². The van der Waals surface area contributed by atoms with Gasteiger partial charge in [-0.05, 0) is 20.3 Å². The van der Waals surface area contributed by atoms with Gasteiger partial charge in [0.15, 0.2) is 0 Å². The van der Waals surface area contributed by atoms with Crippen molar-refractivity contribution < 1.29 is 4.79 Å². The zero-order chi connectivity index (χ0) is 11.4. The Morgan fingerprint density at radius 3 is 2.80 bits per heavy atom. The maximum absolute atomic E-state index is 10.9. The Balaban J connectivity index is 2.85. The molecule has 0 bridgehead atoms. The highest BCUT2D eigenvalue weighted by molar-refractivity contribution is 5.82. The van der Waals surface area contributed by atoms with Crippen molar-refractivity contribution in [2.24, 2.45) is 5.73 Å². The Bertz CT molecular complexity index is 364. The number of amides is 1. The molecule has 1 rings (SSSR count). The highest BCUT2D eigenvalue weighted by Gasteiger charge is 2.09. The van der Waals surface area contributed by atoms with Crippen molar-refractivity contribution >= 4 is 11.7 Å². The van der Waals surface area contributed by atoms with E-state index in [4.69, 9.17) is 5.73 Å². The first kappa shape index (κ1) is 11.4. The molecule has 0 saturated heterocycles. The topological polar surface area (TPSA) is 80.9 Å². The molecule has 0 aliphatic carbocycles. The van der Waals surface area contributed by atoms with Gasteiger partial charge in [-0.3, -0.25) is 4.79 Å². The van der Waals surface area contributed by atoms with Crippen LogP contribution in [0, 0.1) is 6.92 Å². The van der Waals surface area contributed by atoms with Gasteiger partial charge < -0.3 is 11.1 Å². The van der Waals surface area contributed by atoms with Crippen LogP contribution in [0.25, 0.3) is 0 Å². The smallest absolute Gasteiger partial charge is 0.239 e. The van der Waals surface area contributed by atoms with E-state index < -0.39 is 11.9 Å². The van der Waals surface area contributed by atoms with E-state index in [0.29, 0.717) is 11.6 Å². The number of carbonyl (C=O) groups excluding carboxylic acids is 1. The van der Waals surface area contributed by atoms with Crippen LogP contribution in [-0.4, -0.2) is 21.9 Å². The van der Waals surface area contributed by atoms with Crippen molar-refractivity contribution in [1.29, 1.82) is 0 Å². The van der Waals surface area contributed by atoms with Crippen LogP contribution in [0.3, 0.4) is 0 Å². The van der Waals surface area contributed by atoms with Gasteiger partial charge in [-0.1, -0.05) is 6.92 Å². The van der Waals surface area contributed by atoms with Crippen LogP contribution in [0.1, 0.15) is 25.4 Å². The average Bonchev–Trinajstić information content (AvgIpc) is 2.16. The van der Waals surface area contributed by atoms with Crippen LogP contribution < -0.4 is 11.1 Å². The number of primary amides is 1.